The van der Waals surface area contributed by atoms with Gasteiger partial charge in [0.1, 0.15) is 5.78 Å². The second-order valence-electron chi connectivity index (χ2n) is 4.16. The zero-order chi connectivity index (χ0) is 12.3. The van der Waals surface area contributed by atoms with E-state index in [9.17, 15) is 4.79 Å². The molecule has 0 bridgehead atoms. The molecule has 0 amide bonds. The Balaban J connectivity index is 1.95. The Hall–Kier alpha value is -0.420. The normalized spacial score (nSPS) is 24.1. The van der Waals surface area contributed by atoms with Gasteiger partial charge in [-0.2, -0.15) is 0 Å². The minimum atomic E-state index is -0.0178. The highest BCUT2D eigenvalue weighted by molar-refractivity contribution is 7.16. The standard InChI is InChI=1S/C12H16ClNO2S/c1-2-14-10-7-16-6-9(10)11(15)5-8-3-4-12(13)17-8/h3-4,9-10,14H,2,5-7H2,1H3. The average molecular weight is 274 g/mol. The van der Waals surface area contributed by atoms with E-state index in [4.69, 9.17) is 16.3 Å². The average Bonchev–Trinajstić information content (AvgIpc) is 2.88. The number of nitrogens with one attached hydrogen (secondary N) is 1. The fourth-order valence-corrected chi connectivity index (χ4v) is 3.18. The van der Waals surface area contributed by atoms with Gasteiger partial charge in [0.2, 0.25) is 0 Å². The van der Waals surface area contributed by atoms with E-state index in [1.54, 1.807) is 0 Å². The fraction of sp³-hybridized carbons (Fsp3) is 0.583. The molecule has 0 saturated carbocycles. The summed E-state index contributed by atoms with van der Waals surface area (Å²) in [5, 5.41) is 3.30. The predicted molar refractivity (Wildman–Crippen MR) is 69.8 cm³/mol. The second kappa shape index (κ2) is 5.96. The fourth-order valence-electron chi connectivity index (χ4n) is 2.08. The SMILES string of the molecule is CCNC1COCC1C(=O)Cc1ccc(Cl)s1. The molecule has 1 fully saturated rings. The number of hydrogen-bond donors (Lipinski definition) is 1. The van der Waals surface area contributed by atoms with Crippen LogP contribution in [0.1, 0.15) is 11.8 Å². The number of likely N-dealkylation sites (N-methyl/N-ethyl adjacent to an activating group) is 1. The molecule has 3 nitrogen and oxygen atoms in total. The Bertz CT molecular complexity index is 394. The summed E-state index contributed by atoms with van der Waals surface area (Å²) in [5.74, 6) is 0.225. The summed E-state index contributed by atoms with van der Waals surface area (Å²) in [4.78, 5) is 13.2. The summed E-state index contributed by atoms with van der Waals surface area (Å²) >= 11 is 7.32. The Labute approximate surface area is 110 Å². The molecule has 0 aliphatic carbocycles. The lowest BCUT2D eigenvalue weighted by Gasteiger charge is -2.16. The molecule has 5 heteroatoms. The Morgan fingerprint density at radius 2 is 2.41 bits per heavy atom. The predicted octanol–water partition coefficient (Wildman–Crippen LogP) is 2.14. The first-order valence-electron chi connectivity index (χ1n) is 5.78. The van der Waals surface area contributed by atoms with E-state index in [0.29, 0.717) is 19.6 Å². The van der Waals surface area contributed by atoms with Gasteiger partial charge in [-0.1, -0.05) is 18.5 Å². The molecule has 2 heterocycles. The van der Waals surface area contributed by atoms with E-state index in [0.717, 1.165) is 15.8 Å². The molecule has 1 saturated heterocycles. The molecule has 0 radical (unpaired) electrons. The molecule has 2 unspecified atom stereocenters. The summed E-state index contributed by atoms with van der Waals surface area (Å²) in [6, 6.07) is 3.92. The topological polar surface area (TPSA) is 38.3 Å². The molecule has 2 rings (SSSR count). The highest BCUT2D eigenvalue weighted by atomic mass is 35.5. The molecule has 1 N–H and O–H groups in total. The highest BCUT2D eigenvalue weighted by Gasteiger charge is 2.33. The van der Waals surface area contributed by atoms with E-state index in [1.165, 1.54) is 11.3 Å². The minimum absolute atomic E-state index is 0.0178. The maximum Gasteiger partial charge on any atom is 0.145 e. The lowest BCUT2D eigenvalue weighted by atomic mass is 9.96. The number of halogens is 1. The third-order valence-corrected chi connectivity index (χ3v) is 4.17. The van der Waals surface area contributed by atoms with Crippen molar-refractivity contribution in [3.05, 3.63) is 21.3 Å². The molecule has 1 aliphatic rings. The molecule has 0 aromatic carbocycles. The van der Waals surface area contributed by atoms with Crippen molar-refractivity contribution in [1.29, 1.82) is 0 Å². The Morgan fingerprint density at radius 1 is 1.59 bits per heavy atom. The first-order valence-corrected chi connectivity index (χ1v) is 6.98. The number of ether oxygens (including phenoxy) is 1. The maximum atomic E-state index is 12.2. The van der Waals surface area contributed by atoms with Gasteiger partial charge in [-0.25, -0.2) is 0 Å². The minimum Gasteiger partial charge on any atom is -0.379 e. The summed E-state index contributed by atoms with van der Waals surface area (Å²) in [6.45, 7) is 4.08. The number of hydrogen-bond acceptors (Lipinski definition) is 4. The van der Waals surface area contributed by atoms with Crippen molar-refractivity contribution in [2.45, 2.75) is 19.4 Å². The molecule has 1 aromatic heterocycles. The summed E-state index contributed by atoms with van der Waals surface area (Å²) in [7, 11) is 0. The van der Waals surface area contributed by atoms with Crippen LogP contribution in [0.2, 0.25) is 4.34 Å². The Morgan fingerprint density at radius 3 is 3.06 bits per heavy atom. The van der Waals surface area contributed by atoms with Crippen LogP contribution in [0.3, 0.4) is 0 Å². The van der Waals surface area contributed by atoms with E-state index < -0.39 is 0 Å². The van der Waals surface area contributed by atoms with Crippen LogP contribution < -0.4 is 5.32 Å². The zero-order valence-electron chi connectivity index (χ0n) is 9.74. The first kappa shape index (κ1) is 13.0. The van der Waals surface area contributed by atoms with Gasteiger partial charge in [0, 0.05) is 17.3 Å². The molecular formula is C12H16ClNO2S. The number of carbonyl (C=O) groups excluding carboxylic acids is 1. The van der Waals surface area contributed by atoms with E-state index in [-0.39, 0.29) is 17.7 Å². The molecule has 1 aliphatic heterocycles. The van der Waals surface area contributed by atoms with Gasteiger partial charge in [-0.05, 0) is 18.7 Å². The molecule has 17 heavy (non-hydrogen) atoms. The van der Waals surface area contributed by atoms with Crippen LogP contribution in [0.25, 0.3) is 0 Å². The van der Waals surface area contributed by atoms with Crippen molar-refractivity contribution in [1.82, 2.24) is 5.32 Å². The number of rotatable bonds is 5. The number of thiophene rings is 1. The quantitative estimate of drug-likeness (QED) is 0.893. The smallest absolute Gasteiger partial charge is 0.145 e. The van der Waals surface area contributed by atoms with Crippen LogP contribution in [0.4, 0.5) is 0 Å². The van der Waals surface area contributed by atoms with Crippen LogP contribution in [0.5, 0.6) is 0 Å². The van der Waals surface area contributed by atoms with Crippen molar-refractivity contribution < 1.29 is 9.53 Å². The van der Waals surface area contributed by atoms with E-state index in [1.807, 2.05) is 19.1 Å². The number of ketones is 1. The lowest BCUT2D eigenvalue weighted by Crippen LogP contribution is -2.39. The largest absolute Gasteiger partial charge is 0.379 e. The van der Waals surface area contributed by atoms with E-state index >= 15 is 0 Å². The molecule has 0 spiro atoms. The van der Waals surface area contributed by atoms with Gasteiger partial charge in [0.25, 0.3) is 0 Å². The zero-order valence-corrected chi connectivity index (χ0v) is 11.3. The molecular weight excluding hydrogens is 258 g/mol. The van der Waals surface area contributed by atoms with Crippen molar-refractivity contribution >= 4 is 28.7 Å². The van der Waals surface area contributed by atoms with Crippen molar-refractivity contribution in [3.63, 3.8) is 0 Å². The van der Waals surface area contributed by atoms with Crippen LogP contribution in [-0.4, -0.2) is 31.6 Å². The van der Waals surface area contributed by atoms with Gasteiger partial charge in [-0.15, -0.1) is 11.3 Å². The molecule has 94 valence electrons. The summed E-state index contributed by atoms with van der Waals surface area (Å²) in [5.41, 5.74) is 0. The first-order chi connectivity index (χ1) is 8.20. The van der Waals surface area contributed by atoms with Gasteiger partial charge < -0.3 is 10.1 Å². The molecule has 2 atom stereocenters. The summed E-state index contributed by atoms with van der Waals surface area (Å²) in [6.07, 6.45) is 0.466. The van der Waals surface area contributed by atoms with Crippen molar-refractivity contribution in [2.75, 3.05) is 19.8 Å². The van der Waals surface area contributed by atoms with Crippen LogP contribution in [-0.2, 0) is 16.0 Å². The third-order valence-electron chi connectivity index (χ3n) is 2.94. The lowest BCUT2D eigenvalue weighted by molar-refractivity contribution is -0.122. The maximum absolute atomic E-state index is 12.2. The highest BCUT2D eigenvalue weighted by Crippen LogP contribution is 2.24. The van der Waals surface area contributed by atoms with Gasteiger partial charge in [0.05, 0.1) is 23.5 Å². The van der Waals surface area contributed by atoms with Crippen LogP contribution >= 0.6 is 22.9 Å². The monoisotopic (exact) mass is 273 g/mol. The van der Waals surface area contributed by atoms with Gasteiger partial charge >= 0.3 is 0 Å². The third kappa shape index (κ3) is 3.28. The van der Waals surface area contributed by atoms with Crippen LogP contribution in [0.15, 0.2) is 12.1 Å². The second-order valence-corrected chi connectivity index (χ2v) is 5.96. The number of Topliss-reactive ketones (excluding diaryl/α,β-unsaturated/α-hetero) is 1. The molecule has 1 aromatic rings. The summed E-state index contributed by atoms with van der Waals surface area (Å²) < 4.78 is 6.12. The van der Waals surface area contributed by atoms with Gasteiger partial charge in [0.15, 0.2) is 0 Å². The van der Waals surface area contributed by atoms with Crippen molar-refractivity contribution in [2.24, 2.45) is 5.92 Å². The van der Waals surface area contributed by atoms with Crippen LogP contribution in [0, 0.1) is 5.92 Å². The van der Waals surface area contributed by atoms with Crippen molar-refractivity contribution in [3.8, 4) is 0 Å². The van der Waals surface area contributed by atoms with Gasteiger partial charge in [-0.3, -0.25) is 4.79 Å². The number of carbonyl (C=O) groups is 1. The van der Waals surface area contributed by atoms with E-state index in [2.05, 4.69) is 5.32 Å². The Kier molecular flexibility index (Phi) is 4.56.